The molecule has 0 bridgehead atoms. The summed E-state index contributed by atoms with van der Waals surface area (Å²) in [5, 5.41) is 14.5. The molecule has 2 heterocycles. The maximum atomic E-state index is 9.12. The number of aryl methyl sites for hydroxylation is 1. The molecule has 1 aromatic heterocycles. The van der Waals surface area contributed by atoms with Gasteiger partial charge in [-0.2, -0.15) is 10.4 Å². The van der Waals surface area contributed by atoms with E-state index in [2.05, 4.69) is 11.2 Å². The fourth-order valence-corrected chi connectivity index (χ4v) is 2.72. The molecule has 19 heavy (non-hydrogen) atoms. The van der Waals surface area contributed by atoms with Gasteiger partial charge in [0, 0.05) is 25.1 Å². The van der Waals surface area contributed by atoms with Gasteiger partial charge < -0.3 is 4.74 Å². The van der Waals surface area contributed by atoms with Crippen molar-refractivity contribution < 1.29 is 4.74 Å². The quantitative estimate of drug-likeness (QED) is 0.847. The van der Waals surface area contributed by atoms with E-state index >= 15 is 0 Å². The molecular weight excluding hydrogens is 238 g/mol. The Hall–Kier alpha value is -1.86. The van der Waals surface area contributed by atoms with Crippen LogP contribution in [0.25, 0.3) is 10.9 Å². The van der Waals surface area contributed by atoms with E-state index in [-0.39, 0.29) is 0 Å². The lowest BCUT2D eigenvalue weighted by Crippen LogP contribution is -2.17. The number of ether oxygens (including phenoxy) is 1. The zero-order valence-electron chi connectivity index (χ0n) is 10.9. The van der Waals surface area contributed by atoms with Gasteiger partial charge in [-0.15, -0.1) is 0 Å². The smallest absolute Gasteiger partial charge is 0.170 e. The first kappa shape index (κ1) is 12.2. The van der Waals surface area contributed by atoms with Crippen LogP contribution in [0.4, 0.5) is 0 Å². The summed E-state index contributed by atoms with van der Waals surface area (Å²) < 4.78 is 7.35. The maximum Gasteiger partial charge on any atom is 0.170 e. The van der Waals surface area contributed by atoms with Gasteiger partial charge in [-0.05, 0) is 37.3 Å². The van der Waals surface area contributed by atoms with Gasteiger partial charge in [0.15, 0.2) is 5.69 Å². The van der Waals surface area contributed by atoms with Gasteiger partial charge in [-0.3, -0.25) is 4.68 Å². The number of fused-ring (bicyclic) bond motifs is 1. The van der Waals surface area contributed by atoms with Crippen LogP contribution in [0.1, 0.15) is 25.0 Å². The second-order valence-electron chi connectivity index (χ2n) is 5.05. The second kappa shape index (κ2) is 5.41. The molecule has 1 aliphatic rings. The van der Waals surface area contributed by atoms with E-state index in [1.807, 2.05) is 28.9 Å². The molecule has 0 atom stereocenters. The third-order valence-electron chi connectivity index (χ3n) is 3.85. The zero-order valence-corrected chi connectivity index (χ0v) is 10.9. The Labute approximate surface area is 112 Å². The zero-order chi connectivity index (χ0) is 13.1. The van der Waals surface area contributed by atoms with Crippen LogP contribution in [0, 0.1) is 17.2 Å². The molecule has 1 saturated heterocycles. The van der Waals surface area contributed by atoms with Gasteiger partial charge in [-0.1, -0.05) is 12.1 Å². The fourth-order valence-electron chi connectivity index (χ4n) is 2.72. The molecule has 1 aromatic carbocycles. The Kier molecular flexibility index (Phi) is 3.47. The largest absolute Gasteiger partial charge is 0.381 e. The van der Waals surface area contributed by atoms with Gasteiger partial charge in [0.25, 0.3) is 0 Å². The van der Waals surface area contributed by atoms with Crippen molar-refractivity contribution in [1.29, 1.82) is 5.26 Å². The number of rotatable bonds is 3. The van der Waals surface area contributed by atoms with E-state index in [1.165, 1.54) is 0 Å². The molecule has 1 fully saturated rings. The normalized spacial score (nSPS) is 16.6. The summed E-state index contributed by atoms with van der Waals surface area (Å²) in [7, 11) is 0. The monoisotopic (exact) mass is 255 g/mol. The number of hydrogen-bond acceptors (Lipinski definition) is 3. The van der Waals surface area contributed by atoms with Gasteiger partial charge in [0.2, 0.25) is 0 Å². The first-order chi connectivity index (χ1) is 9.38. The highest BCUT2D eigenvalue weighted by Crippen LogP contribution is 2.22. The molecule has 4 heteroatoms. The van der Waals surface area contributed by atoms with Crippen molar-refractivity contribution in [2.75, 3.05) is 13.2 Å². The molecule has 2 aromatic rings. The van der Waals surface area contributed by atoms with E-state index < -0.39 is 0 Å². The van der Waals surface area contributed by atoms with E-state index in [0.717, 1.165) is 55.8 Å². The predicted octanol–water partition coefficient (Wildman–Crippen LogP) is 2.72. The lowest BCUT2D eigenvalue weighted by Gasteiger charge is -2.21. The summed E-state index contributed by atoms with van der Waals surface area (Å²) in [6.07, 6.45) is 3.40. The molecular formula is C15H17N3O. The average Bonchev–Trinajstić information content (AvgIpc) is 2.84. The number of benzene rings is 1. The summed E-state index contributed by atoms with van der Waals surface area (Å²) in [4.78, 5) is 0. The molecule has 1 aliphatic heterocycles. The van der Waals surface area contributed by atoms with Gasteiger partial charge in [0.05, 0.1) is 5.52 Å². The highest BCUT2D eigenvalue weighted by molar-refractivity contribution is 5.84. The molecule has 0 saturated carbocycles. The Morgan fingerprint density at radius 1 is 1.32 bits per heavy atom. The van der Waals surface area contributed by atoms with Crippen molar-refractivity contribution in [1.82, 2.24) is 9.78 Å². The van der Waals surface area contributed by atoms with Crippen molar-refractivity contribution in [3.05, 3.63) is 30.0 Å². The number of para-hydroxylation sites is 1. The first-order valence-corrected chi connectivity index (χ1v) is 6.82. The Balaban J connectivity index is 1.79. The number of nitrogens with zero attached hydrogens (tertiary/aromatic N) is 3. The summed E-state index contributed by atoms with van der Waals surface area (Å²) in [5.41, 5.74) is 1.59. The van der Waals surface area contributed by atoms with Crippen molar-refractivity contribution in [2.45, 2.75) is 25.8 Å². The minimum absolute atomic E-state index is 0.530. The minimum atomic E-state index is 0.530. The lowest BCUT2D eigenvalue weighted by molar-refractivity contribution is 0.0624. The van der Waals surface area contributed by atoms with Crippen LogP contribution < -0.4 is 0 Å². The maximum absolute atomic E-state index is 9.12. The topological polar surface area (TPSA) is 50.8 Å². The second-order valence-corrected chi connectivity index (χ2v) is 5.05. The third-order valence-corrected chi connectivity index (χ3v) is 3.85. The Morgan fingerprint density at radius 2 is 2.11 bits per heavy atom. The van der Waals surface area contributed by atoms with Crippen LogP contribution >= 0.6 is 0 Å². The predicted molar refractivity (Wildman–Crippen MR) is 72.6 cm³/mol. The van der Waals surface area contributed by atoms with Crippen LogP contribution in [0.5, 0.6) is 0 Å². The molecule has 3 rings (SSSR count). The van der Waals surface area contributed by atoms with E-state index in [1.54, 1.807) is 0 Å². The summed E-state index contributed by atoms with van der Waals surface area (Å²) in [6.45, 7) is 2.65. The summed E-state index contributed by atoms with van der Waals surface area (Å²) >= 11 is 0. The van der Waals surface area contributed by atoms with Crippen molar-refractivity contribution >= 4 is 10.9 Å². The van der Waals surface area contributed by atoms with Crippen molar-refractivity contribution in [2.24, 2.45) is 5.92 Å². The molecule has 0 radical (unpaired) electrons. The number of nitriles is 1. The van der Waals surface area contributed by atoms with Crippen LogP contribution in [0.2, 0.25) is 0 Å². The molecule has 0 N–H and O–H groups in total. The minimum Gasteiger partial charge on any atom is -0.381 e. The number of aromatic nitrogens is 2. The summed E-state index contributed by atoms with van der Waals surface area (Å²) in [6, 6.07) is 10.1. The van der Waals surface area contributed by atoms with E-state index in [9.17, 15) is 0 Å². The van der Waals surface area contributed by atoms with Gasteiger partial charge >= 0.3 is 0 Å². The third kappa shape index (κ3) is 2.47. The highest BCUT2D eigenvalue weighted by atomic mass is 16.5. The molecule has 0 spiro atoms. The molecule has 0 aliphatic carbocycles. The average molecular weight is 255 g/mol. The first-order valence-electron chi connectivity index (χ1n) is 6.82. The van der Waals surface area contributed by atoms with Gasteiger partial charge in [-0.25, -0.2) is 0 Å². The lowest BCUT2D eigenvalue weighted by atomic mass is 9.97. The van der Waals surface area contributed by atoms with E-state index in [0.29, 0.717) is 5.69 Å². The van der Waals surface area contributed by atoms with Crippen LogP contribution in [0.3, 0.4) is 0 Å². The van der Waals surface area contributed by atoms with Crippen molar-refractivity contribution in [3.8, 4) is 6.07 Å². The van der Waals surface area contributed by atoms with Crippen LogP contribution in [-0.2, 0) is 11.3 Å². The summed E-state index contributed by atoms with van der Waals surface area (Å²) in [5.74, 6) is 0.724. The fraction of sp³-hybridized carbons (Fsp3) is 0.467. The SMILES string of the molecule is N#Cc1nn(CCC2CCOCC2)c2ccccc12. The molecule has 0 amide bonds. The van der Waals surface area contributed by atoms with E-state index in [4.69, 9.17) is 10.00 Å². The van der Waals surface area contributed by atoms with Gasteiger partial charge in [0.1, 0.15) is 6.07 Å². The standard InChI is InChI=1S/C15H17N3O/c16-11-14-13-3-1-2-4-15(13)18(17-14)8-5-12-6-9-19-10-7-12/h1-4,12H,5-10H2. The number of hydrogen-bond donors (Lipinski definition) is 0. The molecule has 4 nitrogen and oxygen atoms in total. The molecule has 98 valence electrons. The Bertz CT molecular complexity index is 605. The molecule has 0 unspecified atom stereocenters. The highest BCUT2D eigenvalue weighted by Gasteiger charge is 2.15. The van der Waals surface area contributed by atoms with Crippen LogP contribution in [0.15, 0.2) is 24.3 Å². The van der Waals surface area contributed by atoms with Crippen LogP contribution in [-0.4, -0.2) is 23.0 Å². The Morgan fingerprint density at radius 3 is 2.89 bits per heavy atom. The van der Waals surface area contributed by atoms with Crippen molar-refractivity contribution in [3.63, 3.8) is 0 Å².